The summed E-state index contributed by atoms with van der Waals surface area (Å²) in [7, 11) is 0. The summed E-state index contributed by atoms with van der Waals surface area (Å²) in [6.45, 7) is 4.06. The highest BCUT2D eigenvalue weighted by atomic mass is 35.5. The van der Waals surface area contributed by atoms with E-state index in [4.69, 9.17) is 34.7 Å². The van der Waals surface area contributed by atoms with E-state index < -0.39 is 16.8 Å². The Labute approximate surface area is 186 Å². The molecule has 0 radical (unpaired) electrons. The predicted octanol–water partition coefficient (Wildman–Crippen LogP) is 4.03. The monoisotopic (exact) mass is 471 g/mol. The number of rotatable bonds is 6. The Kier molecular flexibility index (Phi) is 6.16. The van der Waals surface area contributed by atoms with Crippen LogP contribution >= 0.6 is 47.2 Å². The molecule has 0 saturated carbocycles. The van der Waals surface area contributed by atoms with Gasteiger partial charge in [-0.05, 0) is 12.1 Å². The van der Waals surface area contributed by atoms with Crippen molar-refractivity contribution in [2.45, 2.75) is 19.3 Å². The minimum atomic E-state index is -0.841. The number of hydrogen-bond donors (Lipinski definition) is 5. The number of aromatic nitrogens is 2. The number of aliphatic hydroxyl groups excluding tert-OH is 1. The number of thiol groups is 1. The Morgan fingerprint density at radius 1 is 1.34 bits per heavy atom. The van der Waals surface area contributed by atoms with Crippen LogP contribution in [0, 0.1) is 5.41 Å². The number of nitrogen functional groups attached to an aromatic ring is 1. The average molecular weight is 472 g/mol. The molecule has 1 atom stereocenters. The van der Waals surface area contributed by atoms with E-state index in [-0.39, 0.29) is 10.6 Å². The van der Waals surface area contributed by atoms with Crippen molar-refractivity contribution in [2.24, 2.45) is 11.1 Å². The number of halogens is 2. The summed E-state index contributed by atoms with van der Waals surface area (Å²) in [5.41, 5.74) is 11.6. The van der Waals surface area contributed by atoms with E-state index >= 15 is 0 Å². The van der Waals surface area contributed by atoms with Crippen molar-refractivity contribution in [1.82, 2.24) is 9.97 Å². The Morgan fingerprint density at radius 3 is 2.62 bits per heavy atom. The average Bonchev–Trinajstić information content (AvgIpc) is 2.98. The van der Waals surface area contributed by atoms with Crippen molar-refractivity contribution in [1.29, 1.82) is 0 Å². The number of carbonyl (C=O) groups excluding carboxylic acids is 1. The summed E-state index contributed by atoms with van der Waals surface area (Å²) in [6, 6.07) is 5.07. The molecule has 0 fully saturated rings. The number of nitrogens with zero attached hydrogens (tertiary/aromatic N) is 2. The highest BCUT2D eigenvalue weighted by molar-refractivity contribution is 7.80. The molecular formula is C18H19Cl2N5O2S2. The molecule has 29 heavy (non-hydrogen) atoms. The van der Waals surface area contributed by atoms with Gasteiger partial charge >= 0.3 is 0 Å². The molecule has 3 aromatic rings. The van der Waals surface area contributed by atoms with Crippen LogP contribution in [0.25, 0.3) is 21.5 Å². The van der Waals surface area contributed by atoms with E-state index in [1.165, 1.54) is 0 Å². The summed E-state index contributed by atoms with van der Waals surface area (Å²) >= 11 is 17.4. The van der Waals surface area contributed by atoms with Gasteiger partial charge in [-0.25, -0.2) is 9.97 Å². The van der Waals surface area contributed by atoms with Gasteiger partial charge in [-0.1, -0.05) is 43.1 Å². The van der Waals surface area contributed by atoms with Crippen LogP contribution in [0.4, 0.5) is 11.6 Å². The Balaban J connectivity index is 2.17. The van der Waals surface area contributed by atoms with Gasteiger partial charge in [0, 0.05) is 17.5 Å². The number of aliphatic hydroxyl groups is 1. The van der Waals surface area contributed by atoms with Crippen LogP contribution in [-0.2, 0) is 0 Å². The fourth-order valence-electron chi connectivity index (χ4n) is 2.53. The van der Waals surface area contributed by atoms with Crippen LogP contribution in [-0.4, -0.2) is 33.0 Å². The number of nitrogens with one attached hydrogen (secondary N) is 1. The number of nitrogens with two attached hydrogens (primary N) is 2. The Bertz CT molecular complexity index is 1100. The van der Waals surface area contributed by atoms with Gasteiger partial charge in [0.05, 0.1) is 26.8 Å². The number of carbonyl (C=O) groups is 1. The predicted molar refractivity (Wildman–Crippen MR) is 123 cm³/mol. The van der Waals surface area contributed by atoms with E-state index in [2.05, 4.69) is 27.9 Å². The lowest BCUT2D eigenvalue weighted by Crippen LogP contribution is -2.32. The van der Waals surface area contributed by atoms with Crippen LogP contribution in [0.3, 0.4) is 0 Å². The molecule has 1 unspecified atom stereocenters. The molecule has 7 nitrogen and oxygen atoms in total. The number of primary amides is 1. The highest BCUT2D eigenvalue weighted by Crippen LogP contribution is 2.40. The van der Waals surface area contributed by atoms with Crippen LogP contribution < -0.4 is 16.8 Å². The number of fused-ring (bicyclic) bond motifs is 1. The van der Waals surface area contributed by atoms with Gasteiger partial charge in [-0.15, -0.1) is 24.0 Å². The maximum atomic E-state index is 11.8. The summed E-state index contributed by atoms with van der Waals surface area (Å²) in [6.07, 6.45) is 0. The van der Waals surface area contributed by atoms with Crippen LogP contribution in [0.1, 0.15) is 23.5 Å². The second-order valence-corrected chi connectivity index (χ2v) is 9.43. The lowest BCUT2D eigenvalue weighted by atomic mass is 9.94. The topological polar surface area (TPSA) is 127 Å². The van der Waals surface area contributed by atoms with Crippen LogP contribution in [0.2, 0.25) is 10.0 Å². The van der Waals surface area contributed by atoms with E-state index in [0.29, 0.717) is 44.0 Å². The first kappa shape index (κ1) is 21.9. The minimum Gasteiger partial charge on any atom is -0.397 e. The first-order chi connectivity index (χ1) is 13.5. The Hall–Kier alpha value is -1.78. The van der Waals surface area contributed by atoms with E-state index in [0.717, 1.165) is 11.3 Å². The molecule has 0 aliphatic rings. The van der Waals surface area contributed by atoms with Gasteiger partial charge in [-0.3, -0.25) is 4.79 Å². The van der Waals surface area contributed by atoms with Crippen molar-refractivity contribution in [2.75, 3.05) is 17.6 Å². The normalized spacial score (nSPS) is 12.9. The van der Waals surface area contributed by atoms with E-state index in [1.807, 2.05) is 13.8 Å². The summed E-state index contributed by atoms with van der Waals surface area (Å²) in [5.74, 6) is -0.336. The molecule has 0 aliphatic heterocycles. The second kappa shape index (κ2) is 8.16. The zero-order valence-electron chi connectivity index (χ0n) is 15.5. The van der Waals surface area contributed by atoms with Crippen molar-refractivity contribution >= 4 is 74.9 Å². The zero-order valence-corrected chi connectivity index (χ0v) is 18.8. The highest BCUT2D eigenvalue weighted by Gasteiger charge is 2.26. The maximum Gasteiger partial charge on any atom is 0.260 e. The smallest absolute Gasteiger partial charge is 0.260 e. The molecule has 11 heteroatoms. The van der Waals surface area contributed by atoms with Crippen LogP contribution in [0.15, 0.2) is 18.2 Å². The third kappa shape index (κ3) is 4.39. The SMILES string of the molecule is CC(C)(CNc1nc(-c2ccc(Cl)c(Cl)c2)c2c(N)c(C(N)=O)sc2n1)C(O)S. The quantitative estimate of drug-likeness (QED) is 0.272. The van der Waals surface area contributed by atoms with Gasteiger partial charge in [0.25, 0.3) is 5.91 Å². The third-order valence-corrected chi connectivity index (χ3v) is 6.96. The molecule has 0 bridgehead atoms. The molecule has 0 spiro atoms. The standard InChI is InChI=1S/C18H19Cl2N5O2S2/c1-18(2,16(27)28)6-23-17-24-12(7-3-4-8(19)9(20)5-7)10-11(21)13(14(22)26)29-15(10)25-17/h3-5,16,27-28H,6,21H2,1-2H3,(H2,22,26)(H,23,24,25). The van der Waals surface area contributed by atoms with Gasteiger partial charge in [0.1, 0.15) is 15.1 Å². The van der Waals surface area contributed by atoms with E-state index in [1.54, 1.807) is 18.2 Å². The molecule has 2 heterocycles. The third-order valence-electron chi connectivity index (χ3n) is 4.41. The minimum absolute atomic E-state index is 0.207. The number of benzene rings is 1. The van der Waals surface area contributed by atoms with Gasteiger partial charge in [0.15, 0.2) is 0 Å². The molecule has 0 aliphatic carbocycles. The van der Waals surface area contributed by atoms with Gasteiger partial charge in [0.2, 0.25) is 5.95 Å². The lowest BCUT2D eigenvalue weighted by Gasteiger charge is -2.27. The summed E-state index contributed by atoms with van der Waals surface area (Å²) < 4.78 is 0. The van der Waals surface area contributed by atoms with Crippen molar-refractivity contribution in [3.05, 3.63) is 33.1 Å². The number of hydrogen-bond acceptors (Lipinski definition) is 8. The molecule has 1 aromatic carbocycles. The largest absolute Gasteiger partial charge is 0.397 e. The number of amides is 1. The number of thiophene rings is 1. The van der Waals surface area contributed by atoms with E-state index in [9.17, 15) is 9.90 Å². The van der Waals surface area contributed by atoms with Crippen molar-refractivity contribution in [3.8, 4) is 11.3 Å². The molecule has 2 aromatic heterocycles. The number of anilines is 2. The molecular weight excluding hydrogens is 453 g/mol. The van der Waals surface area contributed by atoms with Gasteiger partial charge in [-0.2, -0.15) is 0 Å². The maximum absolute atomic E-state index is 11.8. The first-order valence-electron chi connectivity index (χ1n) is 8.46. The molecule has 0 saturated heterocycles. The molecule has 154 valence electrons. The molecule has 6 N–H and O–H groups in total. The fourth-order valence-corrected chi connectivity index (χ4v) is 3.87. The second-order valence-electron chi connectivity index (χ2n) is 7.13. The summed E-state index contributed by atoms with van der Waals surface area (Å²) in [4.78, 5) is 21.5. The summed E-state index contributed by atoms with van der Waals surface area (Å²) in [5, 5.41) is 14.2. The van der Waals surface area contributed by atoms with Gasteiger partial charge < -0.3 is 21.9 Å². The molecule has 1 amide bonds. The van der Waals surface area contributed by atoms with Crippen molar-refractivity contribution < 1.29 is 9.90 Å². The first-order valence-corrected chi connectivity index (χ1v) is 10.6. The fraction of sp³-hybridized carbons (Fsp3) is 0.278. The van der Waals surface area contributed by atoms with Crippen molar-refractivity contribution in [3.63, 3.8) is 0 Å². The lowest BCUT2D eigenvalue weighted by molar-refractivity contribution is 0.100. The molecule has 3 rings (SSSR count). The Morgan fingerprint density at radius 2 is 2.03 bits per heavy atom. The van der Waals surface area contributed by atoms with Crippen LogP contribution in [0.5, 0.6) is 0 Å². The zero-order chi connectivity index (χ0) is 21.5.